The fourth-order valence-electron chi connectivity index (χ4n) is 2.37. The molecule has 106 valence electrons. The molecule has 2 saturated heterocycles. The van der Waals surface area contributed by atoms with Crippen molar-refractivity contribution in [3.8, 4) is 0 Å². The van der Waals surface area contributed by atoms with Gasteiger partial charge in [-0.3, -0.25) is 19.7 Å². The van der Waals surface area contributed by atoms with E-state index in [1.165, 1.54) is 0 Å². The molecular weight excluding hydrogens is 248 g/mol. The quantitative estimate of drug-likeness (QED) is 0.561. The first-order valence-corrected chi connectivity index (χ1v) is 6.64. The van der Waals surface area contributed by atoms with Gasteiger partial charge in [0.1, 0.15) is 6.04 Å². The zero-order valence-corrected chi connectivity index (χ0v) is 11.1. The fourth-order valence-corrected chi connectivity index (χ4v) is 2.37. The van der Waals surface area contributed by atoms with Crippen molar-refractivity contribution < 1.29 is 14.4 Å². The average molecular weight is 268 g/mol. The molecule has 0 aromatic heterocycles. The van der Waals surface area contributed by atoms with Crippen molar-refractivity contribution in [1.82, 2.24) is 20.9 Å². The first-order chi connectivity index (χ1) is 9.06. The van der Waals surface area contributed by atoms with Gasteiger partial charge < -0.3 is 15.5 Å². The highest BCUT2D eigenvalue weighted by Crippen LogP contribution is 2.09. The smallest absolute Gasteiger partial charge is 0.239 e. The van der Waals surface area contributed by atoms with Gasteiger partial charge in [-0.1, -0.05) is 0 Å². The molecule has 2 rings (SSSR count). The summed E-state index contributed by atoms with van der Waals surface area (Å²) in [4.78, 5) is 36.2. The topological polar surface area (TPSA) is 90.5 Å². The molecule has 0 aromatic rings. The van der Waals surface area contributed by atoms with Crippen LogP contribution in [-0.2, 0) is 14.4 Å². The second kappa shape index (κ2) is 6.01. The maximum Gasteiger partial charge on any atom is 0.239 e. The molecule has 2 unspecified atom stereocenters. The summed E-state index contributed by atoms with van der Waals surface area (Å²) in [5.41, 5.74) is 0. The number of likely N-dealkylation sites (tertiary alicyclic amines) is 1. The Morgan fingerprint density at radius 2 is 2.32 bits per heavy atom. The van der Waals surface area contributed by atoms with E-state index >= 15 is 0 Å². The van der Waals surface area contributed by atoms with Crippen LogP contribution in [0.2, 0.25) is 0 Å². The predicted molar refractivity (Wildman–Crippen MR) is 68.2 cm³/mol. The van der Waals surface area contributed by atoms with E-state index < -0.39 is 6.04 Å². The number of nitrogens with zero attached hydrogens (tertiary/aromatic N) is 1. The number of hydrogen-bond donors (Lipinski definition) is 3. The summed E-state index contributed by atoms with van der Waals surface area (Å²) in [6.45, 7) is 3.67. The fraction of sp³-hybridized carbons (Fsp3) is 0.750. The van der Waals surface area contributed by atoms with Crippen LogP contribution in [-0.4, -0.2) is 60.9 Å². The third-order valence-corrected chi connectivity index (χ3v) is 3.38. The van der Waals surface area contributed by atoms with Gasteiger partial charge in [-0.2, -0.15) is 0 Å². The summed E-state index contributed by atoms with van der Waals surface area (Å²) in [6, 6.07) is -0.483. The lowest BCUT2D eigenvalue weighted by atomic mass is 10.2. The summed E-state index contributed by atoms with van der Waals surface area (Å²) >= 11 is 0. The van der Waals surface area contributed by atoms with Gasteiger partial charge in [-0.25, -0.2) is 0 Å². The van der Waals surface area contributed by atoms with Gasteiger partial charge in [0.25, 0.3) is 0 Å². The van der Waals surface area contributed by atoms with E-state index in [9.17, 15) is 14.4 Å². The average Bonchev–Trinajstić information content (AvgIpc) is 2.75. The first kappa shape index (κ1) is 13.8. The summed E-state index contributed by atoms with van der Waals surface area (Å²) in [7, 11) is 0. The molecule has 0 aromatic carbocycles. The molecule has 7 nitrogen and oxygen atoms in total. The second-order valence-electron chi connectivity index (χ2n) is 5.09. The minimum absolute atomic E-state index is 0.0889. The van der Waals surface area contributed by atoms with Crippen LogP contribution in [0.25, 0.3) is 0 Å². The Bertz CT molecular complexity index is 375. The van der Waals surface area contributed by atoms with E-state index in [0.29, 0.717) is 19.5 Å². The lowest BCUT2D eigenvalue weighted by Gasteiger charge is -2.26. The van der Waals surface area contributed by atoms with E-state index in [-0.39, 0.29) is 30.3 Å². The standard InChI is InChI=1S/C12H20N4O3/c1-8(7-16-4-2-3-11(16)18)15-12(19)9-5-14-10(17)6-13-9/h8-9,13H,2-7H2,1H3,(H,14,17)(H,15,19). The first-order valence-electron chi connectivity index (χ1n) is 6.64. The molecule has 3 amide bonds. The Morgan fingerprint density at radius 1 is 1.53 bits per heavy atom. The van der Waals surface area contributed by atoms with E-state index in [2.05, 4.69) is 16.0 Å². The van der Waals surface area contributed by atoms with Crippen LogP contribution in [0.3, 0.4) is 0 Å². The molecule has 0 aliphatic carbocycles. The molecule has 0 radical (unpaired) electrons. The molecule has 2 heterocycles. The van der Waals surface area contributed by atoms with E-state index in [4.69, 9.17) is 0 Å². The van der Waals surface area contributed by atoms with Crippen LogP contribution < -0.4 is 16.0 Å². The molecule has 0 saturated carbocycles. The number of carbonyl (C=O) groups is 3. The Labute approximate surface area is 112 Å². The highest BCUT2D eigenvalue weighted by Gasteiger charge is 2.26. The van der Waals surface area contributed by atoms with Crippen LogP contribution in [0, 0.1) is 0 Å². The molecule has 2 atom stereocenters. The number of rotatable bonds is 4. The molecule has 2 aliphatic rings. The van der Waals surface area contributed by atoms with Crippen LogP contribution in [0.15, 0.2) is 0 Å². The predicted octanol–water partition coefficient (Wildman–Crippen LogP) is -1.80. The minimum atomic E-state index is -0.394. The summed E-state index contributed by atoms with van der Waals surface area (Å²) in [6.07, 6.45) is 1.51. The number of amides is 3. The SMILES string of the molecule is CC(CN1CCCC1=O)NC(=O)C1CNC(=O)CN1. The van der Waals surface area contributed by atoms with Gasteiger partial charge in [0.2, 0.25) is 17.7 Å². The summed E-state index contributed by atoms with van der Waals surface area (Å²) in [5.74, 6) is -0.0805. The Hall–Kier alpha value is -1.63. The Morgan fingerprint density at radius 3 is 2.89 bits per heavy atom. The summed E-state index contributed by atoms with van der Waals surface area (Å²) < 4.78 is 0. The van der Waals surface area contributed by atoms with E-state index in [1.54, 1.807) is 4.90 Å². The van der Waals surface area contributed by atoms with Gasteiger partial charge in [-0.15, -0.1) is 0 Å². The maximum atomic E-state index is 11.9. The van der Waals surface area contributed by atoms with Crippen LogP contribution in [0.1, 0.15) is 19.8 Å². The molecule has 3 N–H and O–H groups in total. The van der Waals surface area contributed by atoms with Crippen LogP contribution in [0.5, 0.6) is 0 Å². The molecular formula is C12H20N4O3. The van der Waals surface area contributed by atoms with Crippen LogP contribution >= 0.6 is 0 Å². The van der Waals surface area contributed by atoms with Crippen molar-refractivity contribution in [2.24, 2.45) is 0 Å². The van der Waals surface area contributed by atoms with Gasteiger partial charge >= 0.3 is 0 Å². The zero-order valence-electron chi connectivity index (χ0n) is 11.1. The monoisotopic (exact) mass is 268 g/mol. The number of piperazine rings is 1. The van der Waals surface area contributed by atoms with Crippen molar-refractivity contribution in [3.63, 3.8) is 0 Å². The van der Waals surface area contributed by atoms with Crippen molar-refractivity contribution >= 4 is 17.7 Å². The van der Waals surface area contributed by atoms with Crippen LogP contribution in [0.4, 0.5) is 0 Å². The molecule has 0 spiro atoms. The molecule has 7 heteroatoms. The number of hydrogen-bond acceptors (Lipinski definition) is 4. The third kappa shape index (κ3) is 3.66. The van der Waals surface area contributed by atoms with Gasteiger partial charge in [-0.05, 0) is 13.3 Å². The third-order valence-electron chi connectivity index (χ3n) is 3.38. The number of carbonyl (C=O) groups excluding carboxylic acids is 3. The maximum absolute atomic E-state index is 11.9. The molecule has 2 fully saturated rings. The largest absolute Gasteiger partial charge is 0.353 e. The summed E-state index contributed by atoms with van der Waals surface area (Å²) in [5, 5.41) is 8.38. The van der Waals surface area contributed by atoms with Crippen molar-refractivity contribution in [2.45, 2.75) is 31.8 Å². The zero-order chi connectivity index (χ0) is 13.8. The van der Waals surface area contributed by atoms with Gasteiger partial charge in [0.05, 0.1) is 6.54 Å². The minimum Gasteiger partial charge on any atom is -0.353 e. The highest BCUT2D eigenvalue weighted by molar-refractivity contribution is 5.87. The van der Waals surface area contributed by atoms with Gasteiger partial charge in [0.15, 0.2) is 0 Å². The van der Waals surface area contributed by atoms with E-state index in [1.807, 2.05) is 6.92 Å². The molecule has 2 aliphatic heterocycles. The normalized spacial score (nSPS) is 25.1. The van der Waals surface area contributed by atoms with Crippen molar-refractivity contribution in [2.75, 3.05) is 26.2 Å². The van der Waals surface area contributed by atoms with Crippen molar-refractivity contribution in [1.29, 1.82) is 0 Å². The lowest BCUT2D eigenvalue weighted by Crippen LogP contribution is -2.59. The Balaban J connectivity index is 1.75. The highest BCUT2D eigenvalue weighted by atomic mass is 16.2. The second-order valence-corrected chi connectivity index (χ2v) is 5.09. The van der Waals surface area contributed by atoms with Gasteiger partial charge in [0, 0.05) is 32.1 Å². The number of nitrogens with one attached hydrogen (secondary N) is 3. The Kier molecular flexibility index (Phi) is 4.36. The lowest BCUT2D eigenvalue weighted by molar-refractivity contribution is -0.130. The molecule has 0 bridgehead atoms. The van der Waals surface area contributed by atoms with E-state index in [0.717, 1.165) is 13.0 Å². The molecule has 19 heavy (non-hydrogen) atoms. The van der Waals surface area contributed by atoms with Crippen molar-refractivity contribution in [3.05, 3.63) is 0 Å².